The second kappa shape index (κ2) is 7.38. The van der Waals surface area contributed by atoms with Crippen LogP contribution in [-0.2, 0) is 17.5 Å². The first-order chi connectivity index (χ1) is 12.0. The lowest BCUT2D eigenvalue weighted by Crippen LogP contribution is -2.29. The molecule has 1 atom stereocenters. The molecule has 2 aromatic heterocycles. The van der Waals surface area contributed by atoms with E-state index in [4.69, 9.17) is 4.74 Å². The molecule has 0 bridgehead atoms. The van der Waals surface area contributed by atoms with Crippen LogP contribution in [0.25, 0.3) is 0 Å². The quantitative estimate of drug-likeness (QED) is 0.892. The van der Waals surface area contributed by atoms with Crippen molar-refractivity contribution in [3.8, 4) is 0 Å². The average Bonchev–Trinajstić information content (AvgIpc) is 3.08. The third kappa shape index (κ3) is 4.09. The monoisotopic (exact) mass is 355 g/mol. The number of aromatic nitrogens is 4. The Balaban J connectivity index is 1.84. The number of anilines is 1. The predicted molar refractivity (Wildman–Crippen MR) is 84.8 cm³/mol. The molecule has 3 rings (SSSR count). The van der Waals surface area contributed by atoms with Gasteiger partial charge in [0.25, 0.3) is 0 Å². The van der Waals surface area contributed by atoms with Gasteiger partial charge in [0.2, 0.25) is 0 Å². The van der Waals surface area contributed by atoms with Crippen LogP contribution in [0.4, 0.5) is 19.0 Å². The topological polar surface area (TPSA) is 64.9 Å². The molecule has 136 valence electrons. The van der Waals surface area contributed by atoms with E-state index in [2.05, 4.69) is 20.5 Å². The molecular weight excluding hydrogens is 335 g/mol. The van der Waals surface area contributed by atoms with Crippen molar-refractivity contribution in [1.82, 2.24) is 19.7 Å². The molecule has 3 heterocycles. The summed E-state index contributed by atoms with van der Waals surface area (Å²) in [5.74, 6) is 1.40. The Morgan fingerprint density at radius 1 is 1.28 bits per heavy atom. The zero-order chi connectivity index (χ0) is 17.9. The molecule has 0 aromatic carbocycles. The summed E-state index contributed by atoms with van der Waals surface area (Å²) in [5, 5.41) is 10.2. The Morgan fingerprint density at radius 2 is 2.04 bits per heavy atom. The Labute approximate surface area is 143 Å². The number of hydrogen-bond donors (Lipinski definition) is 1. The molecule has 25 heavy (non-hydrogen) atoms. The van der Waals surface area contributed by atoms with E-state index in [9.17, 15) is 13.2 Å². The minimum Gasteiger partial charge on any atom is -0.381 e. The Kier molecular flexibility index (Phi) is 5.22. The van der Waals surface area contributed by atoms with E-state index in [1.165, 1.54) is 6.07 Å². The standard InChI is InChI=1S/C16H20F3N5O/c1-2-24-8-7-20-15(24)14(11-5-9-25-10-6-11)21-13-4-3-12(22-23-13)16(17,18)19/h3-4,7-8,11,14H,2,5-6,9-10H2,1H3,(H,21,23). The maximum absolute atomic E-state index is 12.6. The number of rotatable bonds is 5. The Bertz CT molecular complexity index is 680. The number of aryl methyl sites for hydroxylation is 1. The lowest BCUT2D eigenvalue weighted by molar-refractivity contribution is -0.141. The molecule has 2 aromatic rings. The minimum atomic E-state index is -4.50. The molecule has 1 N–H and O–H groups in total. The van der Waals surface area contributed by atoms with Gasteiger partial charge in [0, 0.05) is 32.2 Å². The largest absolute Gasteiger partial charge is 0.435 e. The van der Waals surface area contributed by atoms with Gasteiger partial charge >= 0.3 is 6.18 Å². The maximum Gasteiger partial charge on any atom is 0.435 e. The van der Waals surface area contributed by atoms with E-state index in [1.54, 1.807) is 6.20 Å². The van der Waals surface area contributed by atoms with Crippen LogP contribution >= 0.6 is 0 Å². The van der Waals surface area contributed by atoms with Gasteiger partial charge in [0.15, 0.2) is 5.69 Å². The van der Waals surface area contributed by atoms with Gasteiger partial charge in [-0.3, -0.25) is 0 Å². The number of imidazole rings is 1. The fraction of sp³-hybridized carbons (Fsp3) is 0.562. The SMILES string of the molecule is CCn1ccnc1C(Nc1ccc(C(F)(F)F)nn1)C1CCOCC1. The van der Waals surface area contributed by atoms with Crippen molar-refractivity contribution in [1.29, 1.82) is 0 Å². The molecule has 0 spiro atoms. The van der Waals surface area contributed by atoms with Crippen molar-refractivity contribution in [2.45, 2.75) is 38.5 Å². The zero-order valence-corrected chi connectivity index (χ0v) is 13.8. The van der Waals surface area contributed by atoms with Crippen LogP contribution in [0.5, 0.6) is 0 Å². The van der Waals surface area contributed by atoms with Gasteiger partial charge in [0.1, 0.15) is 11.6 Å². The molecule has 1 aliphatic heterocycles. The predicted octanol–water partition coefficient (Wildman–Crippen LogP) is 3.29. The normalized spacial score (nSPS) is 17.4. The first-order valence-corrected chi connectivity index (χ1v) is 8.25. The summed E-state index contributed by atoms with van der Waals surface area (Å²) in [6.45, 7) is 4.10. The molecule has 1 saturated heterocycles. The molecule has 1 fully saturated rings. The summed E-state index contributed by atoms with van der Waals surface area (Å²) in [6.07, 6.45) is 0.821. The van der Waals surface area contributed by atoms with Crippen LogP contribution in [0.15, 0.2) is 24.5 Å². The maximum atomic E-state index is 12.6. The van der Waals surface area contributed by atoms with Crippen LogP contribution < -0.4 is 5.32 Å². The van der Waals surface area contributed by atoms with Gasteiger partial charge in [-0.05, 0) is 37.8 Å². The summed E-state index contributed by atoms with van der Waals surface area (Å²) in [5.41, 5.74) is -1.00. The highest BCUT2D eigenvalue weighted by molar-refractivity contribution is 5.36. The van der Waals surface area contributed by atoms with E-state index >= 15 is 0 Å². The molecule has 0 saturated carbocycles. The van der Waals surface area contributed by atoms with Gasteiger partial charge in [0.05, 0.1) is 6.04 Å². The van der Waals surface area contributed by atoms with E-state index in [0.717, 1.165) is 31.3 Å². The molecule has 0 radical (unpaired) electrons. The van der Waals surface area contributed by atoms with Gasteiger partial charge in [-0.25, -0.2) is 4.98 Å². The lowest BCUT2D eigenvalue weighted by atomic mass is 9.91. The van der Waals surface area contributed by atoms with Crippen molar-refractivity contribution in [2.24, 2.45) is 5.92 Å². The average molecular weight is 355 g/mol. The number of hydrogen-bond acceptors (Lipinski definition) is 5. The van der Waals surface area contributed by atoms with E-state index < -0.39 is 11.9 Å². The zero-order valence-electron chi connectivity index (χ0n) is 13.8. The number of nitrogens with zero attached hydrogens (tertiary/aromatic N) is 4. The van der Waals surface area contributed by atoms with Crippen molar-refractivity contribution >= 4 is 5.82 Å². The molecule has 6 nitrogen and oxygen atoms in total. The van der Waals surface area contributed by atoms with E-state index in [-0.39, 0.29) is 12.0 Å². The fourth-order valence-electron chi connectivity index (χ4n) is 3.03. The highest BCUT2D eigenvalue weighted by Crippen LogP contribution is 2.33. The van der Waals surface area contributed by atoms with Crippen molar-refractivity contribution < 1.29 is 17.9 Å². The van der Waals surface area contributed by atoms with Crippen molar-refractivity contribution in [3.63, 3.8) is 0 Å². The summed E-state index contributed by atoms with van der Waals surface area (Å²) in [4.78, 5) is 4.45. The fourth-order valence-corrected chi connectivity index (χ4v) is 3.03. The van der Waals surface area contributed by atoms with Gasteiger partial charge in [-0.1, -0.05) is 0 Å². The smallest absolute Gasteiger partial charge is 0.381 e. The summed E-state index contributed by atoms with van der Waals surface area (Å²) >= 11 is 0. The molecule has 0 amide bonds. The number of ether oxygens (including phenoxy) is 1. The Hall–Kier alpha value is -2.16. The first kappa shape index (κ1) is 17.7. The lowest BCUT2D eigenvalue weighted by Gasteiger charge is -2.31. The van der Waals surface area contributed by atoms with Crippen LogP contribution in [0, 0.1) is 5.92 Å². The number of halogens is 3. The minimum absolute atomic E-state index is 0.162. The van der Waals surface area contributed by atoms with Crippen LogP contribution in [0.2, 0.25) is 0 Å². The number of alkyl halides is 3. The van der Waals surface area contributed by atoms with Crippen molar-refractivity contribution in [3.05, 3.63) is 36.0 Å². The molecule has 9 heteroatoms. The highest BCUT2D eigenvalue weighted by atomic mass is 19.4. The summed E-state index contributed by atoms with van der Waals surface area (Å²) in [6, 6.07) is 2.08. The number of nitrogens with one attached hydrogen (secondary N) is 1. The van der Waals surface area contributed by atoms with E-state index in [0.29, 0.717) is 19.0 Å². The van der Waals surface area contributed by atoms with Crippen LogP contribution in [0.1, 0.15) is 37.3 Å². The van der Waals surface area contributed by atoms with E-state index in [1.807, 2.05) is 17.7 Å². The molecular formula is C16H20F3N5O. The van der Waals surface area contributed by atoms with Crippen LogP contribution in [0.3, 0.4) is 0 Å². The third-order valence-electron chi connectivity index (χ3n) is 4.36. The van der Waals surface area contributed by atoms with Gasteiger partial charge in [-0.2, -0.15) is 13.2 Å². The Morgan fingerprint density at radius 3 is 2.64 bits per heavy atom. The molecule has 1 aliphatic rings. The second-order valence-corrected chi connectivity index (χ2v) is 5.94. The van der Waals surface area contributed by atoms with Crippen LogP contribution in [-0.4, -0.2) is 33.0 Å². The van der Waals surface area contributed by atoms with Gasteiger partial charge in [-0.15, -0.1) is 10.2 Å². The summed E-state index contributed by atoms with van der Waals surface area (Å²) in [7, 11) is 0. The third-order valence-corrected chi connectivity index (χ3v) is 4.36. The van der Waals surface area contributed by atoms with Gasteiger partial charge < -0.3 is 14.6 Å². The van der Waals surface area contributed by atoms with Crippen molar-refractivity contribution in [2.75, 3.05) is 18.5 Å². The second-order valence-electron chi connectivity index (χ2n) is 5.94. The summed E-state index contributed by atoms with van der Waals surface area (Å²) < 4.78 is 45.4. The molecule has 1 unspecified atom stereocenters. The first-order valence-electron chi connectivity index (χ1n) is 8.25. The molecule has 0 aliphatic carbocycles. The highest BCUT2D eigenvalue weighted by Gasteiger charge is 2.33.